The van der Waals surface area contributed by atoms with Crippen molar-refractivity contribution in [3.8, 4) is 11.5 Å². The Morgan fingerprint density at radius 3 is 2.73 bits per heavy atom. The number of thioether (sulfide) groups is 1. The smallest absolute Gasteiger partial charge is 0.336 e. The molecular weight excluding hydrogens is 372 g/mol. The summed E-state index contributed by atoms with van der Waals surface area (Å²) in [5.74, 6) is -0.115. The van der Waals surface area contributed by atoms with Crippen LogP contribution in [-0.2, 0) is 12.2 Å². The van der Waals surface area contributed by atoms with E-state index in [1.165, 1.54) is 34.8 Å². The van der Waals surface area contributed by atoms with Crippen LogP contribution in [0.3, 0.4) is 0 Å². The number of aryl methyl sites for hydroxylation is 1. The van der Waals surface area contributed by atoms with Crippen molar-refractivity contribution in [3.63, 3.8) is 0 Å². The molecule has 132 valence electrons. The summed E-state index contributed by atoms with van der Waals surface area (Å²) in [5.41, 5.74) is 0.434. The highest BCUT2D eigenvalue weighted by Crippen LogP contribution is 2.35. The molecule has 2 N–H and O–H groups in total. The fourth-order valence-electron chi connectivity index (χ4n) is 2.69. The summed E-state index contributed by atoms with van der Waals surface area (Å²) < 4.78 is 5.12. The zero-order chi connectivity index (χ0) is 18.3. The maximum Gasteiger partial charge on any atom is 0.336 e. The molecule has 8 heteroatoms. The lowest BCUT2D eigenvalue weighted by atomic mass is 10.1. The van der Waals surface area contributed by atoms with E-state index >= 15 is 0 Å². The normalized spacial score (nSPS) is 11.4. The maximum absolute atomic E-state index is 11.8. The van der Waals surface area contributed by atoms with Gasteiger partial charge in [0.25, 0.3) is 0 Å². The van der Waals surface area contributed by atoms with Crippen LogP contribution in [0.15, 0.2) is 44.8 Å². The third-order valence-electron chi connectivity index (χ3n) is 3.98. The fraction of sp³-hybridized carbons (Fsp3) is 0.167. The number of rotatable bonds is 4. The predicted molar refractivity (Wildman–Crippen MR) is 102 cm³/mol. The third kappa shape index (κ3) is 3.02. The Kier molecular flexibility index (Phi) is 4.29. The van der Waals surface area contributed by atoms with E-state index in [1.807, 2.05) is 0 Å². The van der Waals surface area contributed by atoms with Crippen LogP contribution in [0.2, 0.25) is 0 Å². The second-order valence-electron chi connectivity index (χ2n) is 5.68. The number of hydrogen-bond donors (Lipinski definition) is 2. The summed E-state index contributed by atoms with van der Waals surface area (Å²) in [5, 5.41) is 21.8. The first-order valence-electron chi connectivity index (χ1n) is 7.90. The Bertz CT molecular complexity index is 1180. The highest BCUT2D eigenvalue weighted by atomic mass is 32.2. The number of aromatic nitrogens is 2. The van der Waals surface area contributed by atoms with Crippen molar-refractivity contribution in [2.75, 3.05) is 0 Å². The Hall–Kier alpha value is -2.58. The van der Waals surface area contributed by atoms with Crippen LogP contribution in [0.4, 0.5) is 0 Å². The fourth-order valence-corrected chi connectivity index (χ4v) is 4.65. The molecule has 1 aromatic carbocycles. The summed E-state index contributed by atoms with van der Waals surface area (Å²) in [7, 11) is 0. The van der Waals surface area contributed by atoms with Crippen molar-refractivity contribution in [2.24, 2.45) is 0 Å². The average Bonchev–Trinajstić information content (AvgIpc) is 3.05. The van der Waals surface area contributed by atoms with Crippen LogP contribution < -0.4 is 5.63 Å². The number of aromatic hydroxyl groups is 2. The molecule has 0 amide bonds. The number of hydrogen-bond acceptors (Lipinski definition) is 8. The SMILES string of the molecule is CCc1cc2c(SCc3cc(=O)oc4cc(O)c(O)cc34)ncnc2s1. The molecule has 4 aromatic rings. The van der Waals surface area contributed by atoms with Crippen molar-refractivity contribution in [3.05, 3.63) is 51.5 Å². The van der Waals surface area contributed by atoms with Crippen LogP contribution in [0.1, 0.15) is 17.4 Å². The van der Waals surface area contributed by atoms with E-state index < -0.39 is 5.63 Å². The van der Waals surface area contributed by atoms with E-state index in [9.17, 15) is 15.0 Å². The van der Waals surface area contributed by atoms with Gasteiger partial charge in [-0.25, -0.2) is 14.8 Å². The number of phenolic OH excluding ortho intramolecular Hbond substituents is 2. The Labute approximate surface area is 156 Å². The topological polar surface area (TPSA) is 96.5 Å². The molecule has 3 aromatic heterocycles. The molecule has 0 fully saturated rings. The van der Waals surface area contributed by atoms with Gasteiger partial charge < -0.3 is 14.6 Å². The average molecular weight is 386 g/mol. The van der Waals surface area contributed by atoms with Crippen molar-refractivity contribution in [2.45, 2.75) is 24.1 Å². The number of nitrogens with zero attached hydrogens (tertiary/aromatic N) is 2. The molecule has 26 heavy (non-hydrogen) atoms. The summed E-state index contributed by atoms with van der Waals surface area (Å²) >= 11 is 3.14. The Balaban J connectivity index is 1.73. The first kappa shape index (κ1) is 16.9. The first-order chi connectivity index (χ1) is 12.5. The standard InChI is InChI=1S/C18H14N2O4S2/c1-2-10-4-12-17(19-8-20-18(12)26-10)25-7-9-3-16(23)24-15-6-14(22)13(21)5-11(9)15/h3-6,8,21-22H,2,7H2,1H3. The molecule has 6 nitrogen and oxygen atoms in total. The largest absolute Gasteiger partial charge is 0.504 e. The molecule has 0 bridgehead atoms. The quantitative estimate of drug-likeness (QED) is 0.236. The molecule has 4 rings (SSSR count). The van der Waals surface area contributed by atoms with Gasteiger partial charge in [-0.3, -0.25) is 0 Å². The van der Waals surface area contributed by atoms with Crippen LogP contribution in [0, 0.1) is 0 Å². The molecule has 0 saturated heterocycles. The van der Waals surface area contributed by atoms with E-state index in [2.05, 4.69) is 23.0 Å². The van der Waals surface area contributed by atoms with Gasteiger partial charge in [-0.2, -0.15) is 0 Å². The number of thiophene rings is 1. The molecule has 0 aliphatic heterocycles. The lowest BCUT2D eigenvalue weighted by Gasteiger charge is -2.07. The second kappa shape index (κ2) is 6.62. The highest BCUT2D eigenvalue weighted by molar-refractivity contribution is 7.98. The molecule has 0 aliphatic rings. The molecule has 0 unspecified atom stereocenters. The molecule has 0 radical (unpaired) electrons. The van der Waals surface area contributed by atoms with Crippen LogP contribution in [0.25, 0.3) is 21.2 Å². The predicted octanol–water partition coefficient (Wildman–Crippen LogP) is 4.06. The van der Waals surface area contributed by atoms with Gasteiger partial charge in [-0.15, -0.1) is 23.1 Å². The van der Waals surface area contributed by atoms with Crippen molar-refractivity contribution in [1.82, 2.24) is 9.97 Å². The van der Waals surface area contributed by atoms with Gasteiger partial charge in [0.15, 0.2) is 11.5 Å². The second-order valence-corrected chi connectivity index (χ2v) is 7.76. The Morgan fingerprint density at radius 1 is 1.12 bits per heavy atom. The van der Waals surface area contributed by atoms with Crippen molar-refractivity contribution in [1.29, 1.82) is 0 Å². The van der Waals surface area contributed by atoms with Gasteiger partial charge in [0.2, 0.25) is 0 Å². The van der Waals surface area contributed by atoms with Gasteiger partial charge >= 0.3 is 5.63 Å². The number of fused-ring (bicyclic) bond motifs is 2. The van der Waals surface area contributed by atoms with Gasteiger partial charge in [0.1, 0.15) is 21.8 Å². The van der Waals surface area contributed by atoms with E-state index in [1.54, 1.807) is 17.7 Å². The molecule has 0 aliphatic carbocycles. The zero-order valence-corrected chi connectivity index (χ0v) is 15.4. The molecular formula is C18H14N2O4S2. The lowest BCUT2D eigenvalue weighted by Crippen LogP contribution is -2.00. The van der Waals surface area contributed by atoms with Crippen LogP contribution >= 0.6 is 23.1 Å². The van der Waals surface area contributed by atoms with E-state index in [0.717, 1.165) is 21.7 Å². The summed E-state index contributed by atoms with van der Waals surface area (Å²) in [4.78, 5) is 22.7. The summed E-state index contributed by atoms with van der Waals surface area (Å²) in [6, 6.07) is 6.15. The van der Waals surface area contributed by atoms with Crippen LogP contribution in [-0.4, -0.2) is 20.2 Å². The van der Waals surface area contributed by atoms with Crippen molar-refractivity contribution >= 4 is 44.3 Å². The Morgan fingerprint density at radius 2 is 1.92 bits per heavy atom. The minimum Gasteiger partial charge on any atom is -0.504 e. The highest BCUT2D eigenvalue weighted by Gasteiger charge is 2.13. The summed E-state index contributed by atoms with van der Waals surface area (Å²) in [6.07, 6.45) is 2.49. The van der Waals surface area contributed by atoms with E-state index in [-0.39, 0.29) is 17.1 Å². The minimum atomic E-state index is -0.505. The summed E-state index contributed by atoms with van der Waals surface area (Å²) in [6.45, 7) is 2.10. The molecule has 0 spiro atoms. The monoisotopic (exact) mass is 386 g/mol. The molecule has 3 heterocycles. The van der Waals surface area contributed by atoms with Gasteiger partial charge in [0.05, 0.1) is 0 Å². The first-order valence-corrected chi connectivity index (χ1v) is 9.70. The maximum atomic E-state index is 11.8. The molecule has 0 atom stereocenters. The van der Waals surface area contributed by atoms with Crippen molar-refractivity contribution < 1.29 is 14.6 Å². The van der Waals surface area contributed by atoms with Gasteiger partial charge in [0, 0.05) is 33.5 Å². The van der Waals surface area contributed by atoms with E-state index in [4.69, 9.17) is 4.42 Å². The lowest BCUT2D eigenvalue weighted by molar-refractivity contribution is 0.403. The van der Waals surface area contributed by atoms with Gasteiger partial charge in [-0.05, 0) is 24.1 Å². The van der Waals surface area contributed by atoms with E-state index in [0.29, 0.717) is 16.7 Å². The number of benzene rings is 1. The zero-order valence-electron chi connectivity index (χ0n) is 13.7. The minimum absolute atomic E-state index is 0.236. The number of phenols is 2. The van der Waals surface area contributed by atoms with Crippen LogP contribution in [0.5, 0.6) is 11.5 Å². The third-order valence-corrected chi connectivity index (χ3v) is 6.22. The van der Waals surface area contributed by atoms with Gasteiger partial charge in [-0.1, -0.05) is 6.92 Å². The molecule has 0 saturated carbocycles.